The second kappa shape index (κ2) is 5.46. The Kier molecular flexibility index (Phi) is 4.17. The van der Waals surface area contributed by atoms with E-state index < -0.39 is 0 Å². The zero-order chi connectivity index (χ0) is 12.3. The molecule has 2 rings (SSSR count). The number of nitrogens with one attached hydrogen (secondary N) is 1. The molecule has 1 aromatic heterocycles. The van der Waals surface area contributed by atoms with Gasteiger partial charge in [-0.1, -0.05) is 13.8 Å². The van der Waals surface area contributed by atoms with Gasteiger partial charge in [-0.2, -0.15) is 0 Å². The Morgan fingerprint density at radius 3 is 3.00 bits per heavy atom. The molecule has 0 aliphatic carbocycles. The molecule has 4 heteroatoms. The Labute approximate surface area is 108 Å². The quantitative estimate of drug-likeness (QED) is 0.892. The number of aryl methyl sites for hydroxylation is 1. The zero-order valence-corrected chi connectivity index (χ0v) is 11.9. The van der Waals surface area contributed by atoms with E-state index in [0.29, 0.717) is 0 Å². The average Bonchev–Trinajstić information content (AvgIpc) is 2.77. The van der Waals surface area contributed by atoms with Crippen LogP contribution in [0.25, 0.3) is 0 Å². The summed E-state index contributed by atoms with van der Waals surface area (Å²) in [6.45, 7) is 11.1. The summed E-state index contributed by atoms with van der Waals surface area (Å²) < 4.78 is 0. The molecule has 3 nitrogen and oxygen atoms in total. The van der Waals surface area contributed by atoms with Gasteiger partial charge in [0, 0.05) is 36.2 Å². The topological polar surface area (TPSA) is 28.2 Å². The summed E-state index contributed by atoms with van der Waals surface area (Å²) in [6.07, 6.45) is 4.31. The first-order valence-electron chi connectivity index (χ1n) is 6.56. The van der Waals surface area contributed by atoms with Crippen molar-refractivity contribution in [3.8, 4) is 0 Å². The highest BCUT2D eigenvalue weighted by Gasteiger charge is 2.28. The number of thiazole rings is 1. The highest BCUT2D eigenvalue weighted by molar-refractivity contribution is 7.11. The maximum absolute atomic E-state index is 4.51. The third-order valence-electron chi connectivity index (χ3n) is 3.64. The molecule has 2 heterocycles. The molecule has 0 spiro atoms. The smallest absolute Gasteiger partial charge is 0.107 e. The Bertz CT molecular complexity index is 363. The Balaban J connectivity index is 1.94. The van der Waals surface area contributed by atoms with Crippen LogP contribution in [0.2, 0.25) is 0 Å². The van der Waals surface area contributed by atoms with Crippen LogP contribution in [0.1, 0.15) is 37.1 Å². The SMILES string of the molecule is CCc1cnc(CN2CCNC(C)(CC)C2)s1. The fourth-order valence-corrected chi connectivity index (χ4v) is 3.20. The molecule has 96 valence electrons. The molecule has 1 aliphatic heterocycles. The fraction of sp³-hybridized carbons (Fsp3) is 0.769. The molecular weight excluding hydrogens is 230 g/mol. The number of aromatic nitrogens is 1. The van der Waals surface area contributed by atoms with Gasteiger partial charge in [0.1, 0.15) is 5.01 Å². The van der Waals surface area contributed by atoms with Crippen molar-refractivity contribution in [1.82, 2.24) is 15.2 Å². The predicted octanol–water partition coefficient (Wildman–Crippen LogP) is 2.28. The fourth-order valence-electron chi connectivity index (χ4n) is 2.29. The van der Waals surface area contributed by atoms with Crippen molar-refractivity contribution in [3.63, 3.8) is 0 Å². The molecule has 0 amide bonds. The number of piperazine rings is 1. The first-order chi connectivity index (χ1) is 8.15. The molecule has 0 bridgehead atoms. The van der Waals surface area contributed by atoms with E-state index in [1.54, 1.807) is 0 Å². The summed E-state index contributed by atoms with van der Waals surface area (Å²) in [4.78, 5) is 8.43. The number of nitrogens with zero attached hydrogens (tertiary/aromatic N) is 2. The minimum Gasteiger partial charge on any atom is -0.309 e. The van der Waals surface area contributed by atoms with E-state index >= 15 is 0 Å². The Morgan fingerprint density at radius 1 is 1.53 bits per heavy atom. The van der Waals surface area contributed by atoms with Gasteiger partial charge < -0.3 is 5.32 Å². The van der Waals surface area contributed by atoms with E-state index in [1.165, 1.54) is 16.3 Å². The monoisotopic (exact) mass is 253 g/mol. The van der Waals surface area contributed by atoms with Crippen LogP contribution in [0.3, 0.4) is 0 Å². The van der Waals surface area contributed by atoms with Gasteiger partial charge in [-0.15, -0.1) is 11.3 Å². The Morgan fingerprint density at radius 2 is 2.35 bits per heavy atom. The minimum atomic E-state index is 0.281. The van der Waals surface area contributed by atoms with E-state index in [-0.39, 0.29) is 5.54 Å². The van der Waals surface area contributed by atoms with Crippen molar-refractivity contribution in [3.05, 3.63) is 16.1 Å². The first-order valence-corrected chi connectivity index (χ1v) is 7.38. The third kappa shape index (κ3) is 3.27. The Hall–Kier alpha value is -0.450. The van der Waals surface area contributed by atoms with Crippen molar-refractivity contribution in [2.75, 3.05) is 19.6 Å². The number of rotatable bonds is 4. The van der Waals surface area contributed by atoms with Gasteiger partial charge >= 0.3 is 0 Å². The second-order valence-corrected chi connectivity index (χ2v) is 6.33. The summed E-state index contributed by atoms with van der Waals surface area (Å²) in [7, 11) is 0. The van der Waals surface area contributed by atoms with Crippen LogP contribution in [-0.2, 0) is 13.0 Å². The lowest BCUT2D eigenvalue weighted by atomic mass is 9.96. The molecule has 1 unspecified atom stereocenters. The van der Waals surface area contributed by atoms with E-state index in [1.807, 2.05) is 17.5 Å². The van der Waals surface area contributed by atoms with Crippen LogP contribution < -0.4 is 5.32 Å². The molecule has 0 aromatic carbocycles. The van der Waals surface area contributed by atoms with Crippen LogP contribution in [0.15, 0.2) is 6.20 Å². The number of hydrogen-bond acceptors (Lipinski definition) is 4. The van der Waals surface area contributed by atoms with Crippen molar-refractivity contribution < 1.29 is 0 Å². The van der Waals surface area contributed by atoms with Crippen LogP contribution in [0.4, 0.5) is 0 Å². The summed E-state index contributed by atoms with van der Waals surface area (Å²) >= 11 is 1.86. The van der Waals surface area contributed by atoms with Crippen molar-refractivity contribution in [1.29, 1.82) is 0 Å². The highest BCUT2D eigenvalue weighted by atomic mass is 32.1. The molecular formula is C13H23N3S. The van der Waals surface area contributed by atoms with Gasteiger partial charge in [-0.3, -0.25) is 4.90 Å². The van der Waals surface area contributed by atoms with E-state index in [0.717, 1.165) is 32.6 Å². The van der Waals surface area contributed by atoms with Crippen LogP contribution >= 0.6 is 11.3 Å². The molecule has 1 atom stereocenters. The van der Waals surface area contributed by atoms with Gasteiger partial charge in [0.05, 0.1) is 6.54 Å². The largest absolute Gasteiger partial charge is 0.309 e. The molecule has 1 fully saturated rings. The number of hydrogen-bond donors (Lipinski definition) is 1. The summed E-state index contributed by atoms with van der Waals surface area (Å²) in [6, 6.07) is 0. The van der Waals surface area contributed by atoms with Crippen LogP contribution in [0, 0.1) is 0 Å². The average molecular weight is 253 g/mol. The van der Waals surface area contributed by atoms with Gasteiger partial charge in [-0.05, 0) is 19.8 Å². The molecule has 0 saturated carbocycles. The van der Waals surface area contributed by atoms with Crippen LogP contribution in [0.5, 0.6) is 0 Å². The third-order valence-corrected chi connectivity index (χ3v) is 4.77. The lowest BCUT2D eigenvalue weighted by Gasteiger charge is -2.40. The van der Waals surface area contributed by atoms with E-state index in [2.05, 4.69) is 36.0 Å². The van der Waals surface area contributed by atoms with E-state index in [4.69, 9.17) is 0 Å². The molecule has 17 heavy (non-hydrogen) atoms. The molecule has 1 aliphatic rings. The van der Waals surface area contributed by atoms with Crippen molar-refractivity contribution >= 4 is 11.3 Å². The lowest BCUT2D eigenvalue weighted by molar-refractivity contribution is 0.133. The van der Waals surface area contributed by atoms with Gasteiger partial charge in [-0.25, -0.2) is 4.98 Å². The normalized spacial score (nSPS) is 26.3. The van der Waals surface area contributed by atoms with Gasteiger partial charge in [0.2, 0.25) is 0 Å². The lowest BCUT2D eigenvalue weighted by Crippen LogP contribution is -2.58. The zero-order valence-electron chi connectivity index (χ0n) is 11.1. The summed E-state index contributed by atoms with van der Waals surface area (Å²) in [5.41, 5.74) is 0.281. The molecule has 1 aromatic rings. The van der Waals surface area contributed by atoms with Gasteiger partial charge in [0.25, 0.3) is 0 Å². The van der Waals surface area contributed by atoms with E-state index in [9.17, 15) is 0 Å². The predicted molar refractivity (Wildman–Crippen MR) is 73.5 cm³/mol. The van der Waals surface area contributed by atoms with Crippen LogP contribution in [-0.4, -0.2) is 35.1 Å². The van der Waals surface area contributed by atoms with Gasteiger partial charge in [0.15, 0.2) is 0 Å². The van der Waals surface area contributed by atoms with Crippen molar-refractivity contribution in [2.45, 2.75) is 45.7 Å². The molecule has 1 N–H and O–H groups in total. The molecule has 1 saturated heterocycles. The minimum absolute atomic E-state index is 0.281. The first kappa shape index (κ1) is 13.0. The summed E-state index contributed by atoms with van der Waals surface area (Å²) in [5.74, 6) is 0. The standard InChI is InChI=1S/C13H23N3S/c1-4-11-8-14-12(17-11)9-16-7-6-15-13(3,5-2)10-16/h8,15H,4-7,9-10H2,1-3H3. The molecule has 0 radical (unpaired) electrons. The maximum atomic E-state index is 4.51. The maximum Gasteiger partial charge on any atom is 0.107 e. The second-order valence-electron chi connectivity index (χ2n) is 5.13. The van der Waals surface area contributed by atoms with Crippen molar-refractivity contribution in [2.24, 2.45) is 0 Å². The highest BCUT2D eigenvalue weighted by Crippen LogP contribution is 2.20. The summed E-state index contributed by atoms with van der Waals surface area (Å²) in [5, 5.41) is 4.88.